The average molecular weight is 165 g/mol. The zero-order valence-electron chi connectivity index (χ0n) is 6.41. The van der Waals surface area contributed by atoms with Gasteiger partial charge in [-0.1, -0.05) is 13.8 Å². The van der Waals surface area contributed by atoms with Crippen LogP contribution in [0.25, 0.3) is 0 Å². The Morgan fingerprint density at radius 1 is 1.30 bits per heavy atom. The van der Waals surface area contributed by atoms with E-state index in [-0.39, 0.29) is 0 Å². The molecule has 0 saturated carbocycles. The molecule has 0 aliphatic heterocycles. The summed E-state index contributed by atoms with van der Waals surface area (Å²) in [5.41, 5.74) is 5.27. The molecule has 0 aromatic rings. The van der Waals surface area contributed by atoms with E-state index in [0.29, 0.717) is 12.3 Å². The Bertz CT molecular complexity index is 146. The molecule has 0 fully saturated rings. The minimum atomic E-state index is -2.41. The molecular weight excluding hydrogens is 150 g/mol. The lowest BCUT2D eigenvalue weighted by Crippen LogP contribution is -2.21. The molecule has 0 rings (SSSR count). The Morgan fingerprint density at radius 3 is 2.10 bits per heavy atom. The third-order valence-electron chi connectivity index (χ3n) is 1.31. The van der Waals surface area contributed by atoms with E-state index < -0.39 is 16.1 Å². The zero-order valence-corrected chi connectivity index (χ0v) is 7.30. The summed E-state index contributed by atoms with van der Waals surface area (Å²) >= 11 is 0. The van der Waals surface area contributed by atoms with Crippen LogP contribution in [0.4, 0.5) is 0 Å². The van der Waals surface area contributed by atoms with Crippen LogP contribution in [0.1, 0.15) is 26.7 Å². The van der Waals surface area contributed by atoms with Crippen LogP contribution >= 0.6 is 0 Å². The first kappa shape index (κ1) is 9.91. The van der Waals surface area contributed by atoms with Crippen LogP contribution in [0, 0.1) is 5.92 Å². The summed E-state index contributed by atoms with van der Waals surface area (Å²) in [6.07, 6.45) is 1.46. The first-order valence-corrected chi connectivity index (χ1v) is 4.67. The van der Waals surface area contributed by atoms with E-state index in [1.165, 1.54) is 0 Å². The fourth-order valence-corrected chi connectivity index (χ4v) is 0.969. The van der Waals surface area contributed by atoms with Crippen molar-refractivity contribution in [3.05, 3.63) is 0 Å². The molecule has 3 nitrogen and oxygen atoms in total. The van der Waals surface area contributed by atoms with Gasteiger partial charge < -0.3 is 5.73 Å². The van der Waals surface area contributed by atoms with Crippen LogP contribution in [0.2, 0.25) is 0 Å². The van der Waals surface area contributed by atoms with Crippen molar-refractivity contribution in [3.63, 3.8) is 0 Å². The molecule has 0 aromatic heterocycles. The standard InChI is InChI=1S/C6H15NO2S/c1-5(2)3-4-6(7)10(8)9/h5-6,10H,3-4,7H2,1-2H3. The SMILES string of the molecule is CC(C)CCC(N)[SH](=O)=O. The van der Waals surface area contributed by atoms with Crippen molar-refractivity contribution in [1.29, 1.82) is 0 Å². The summed E-state index contributed by atoms with van der Waals surface area (Å²) in [6, 6.07) is 0. The third-order valence-corrected chi connectivity index (χ3v) is 2.11. The topological polar surface area (TPSA) is 60.2 Å². The van der Waals surface area contributed by atoms with Gasteiger partial charge >= 0.3 is 0 Å². The van der Waals surface area contributed by atoms with Crippen molar-refractivity contribution >= 4 is 10.7 Å². The lowest BCUT2D eigenvalue weighted by Gasteiger charge is -2.05. The Morgan fingerprint density at radius 2 is 1.80 bits per heavy atom. The highest BCUT2D eigenvalue weighted by Gasteiger charge is 2.04. The van der Waals surface area contributed by atoms with Crippen LogP contribution < -0.4 is 5.73 Å². The number of thiol groups is 1. The highest BCUT2D eigenvalue weighted by Crippen LogP contribution is 2.05. The van der Waals surface area contributed by atoms with Crippen LogP contribution in [-0.2, 0) is 10.7 Å². The smallest absolute Gasteiger partial charge is 0.155 e. The van der Waals surface area contributed by atoms with E-state index >= 15 is 0 Å². The van der Waals surface area contributed by atoms with Gasteiger partial charge in [0.25, 0.3) is 0 Å². The van der Waals surface area contributed by atoms with Crippen molar-refractivity contribution in [1.82, 2.24) is 0 Å². The van der Waals surface area contributed by atoms with Gasteiger partial charge in [0.1, 0.15) is 5.37 Å². The van der Waals surface area contributed by atoms with Gasteiger partial charge in [-0.05, 0) is 18.8 Å². The molecule has 0 radical (unpaired) electrons. The van der Waals surface area contributed by atoms with Gasteiger partial charge in [0.05, 0.1) is 0 Å². The molecule has 4 heteroatoms. The molecule has 0 amide bonds. The first-order valence-electron chi connectivity index (χ1n) is 3.43. The highest BCUT2D eigenvalue weighted by molar-refractivity contribution is 7.73. The Kier molecular flexibility index (Phi) is 4.64. The van der Waals surface area contributed by atoms with Gasteiger partial charge in [-0.3, -0.25) is 0 Å². The van der Waals surface area contributed by atoms with Crippen LogP contribution in [0.3, 0.4) is 0 Å². The molecule has 1 atom stereocenters. The lowest BCUT2D eigenvalue weighted by atomic mass is 10.1. The number of rotatable bonds is 4. The number of hydrogen-bond donors (Lipinski definition) is 2. The van der Waals surface area contributed by atoms with Crippen molar-refractivity contribution in [2.24, 2.45) is 11.7 Å². The summed E-state index contributed by atoms with van der Waals surface area (Å²) in [6.45, 7) is 4.09. The second kappa shape index (κ2) is 4.68. The van der Waals surface area contributed by atoms with Gasteiger partial charge in [0, 0.05) is 0 Å². The van der Waals surface area contributed by atoms with E-state index in [0.717, 1.165) is 6.42 Å². The predicted molar refractivity (Wildman–Crippen MR) is 42.4 cm³/mol. The van der Waals surface area contributed by atoms with Gasteiger partial charge in [0.2, 0.25) is 0 Å². The summed E-state index contributed by atoms with van der Waals surface area (Å²) in [7, 11) is -2.41. The predicted octanol–water partition coefficient (Wildman–Crippen LogP) is 0.319. The van der Waals surface area contributed by atoms with E-state index in [9.17, 15) is 8.42 Å². The molecule has 0 saturated heterocycles. The second-order valence-corrected chi connectivity index (χ2v) is 4.06. The summed E-state index contributed by atoms with van der Waals surface area (Å²) in [5, 5.41) is -0.641. The molecule has 1 unspecified atom stereocenters. The van der Waals surface area contributed by atoms with Crippen LogP contribution in [0.5, 0.6) is 0 Å². The highest BCUT2D eigenvalue weighted by atomic mass is 32.2. The fourth-order valence-electron chi connectivity index (χ4n) is 0.610. The molecule has 0 aliphatic carbocycles. The van der Waals surface area contributed by atoms with E-state index in [2.05, 4.69) is 0 Å². The van der Waals surface area contributed by atoms with Gasteiger partial charge in [0.15, 0.2) is 10.7 Å². The molecule has 0 heterocycles. The maximum Gasteiger partial charge on any atom is 0.155 e. The largest absolute Gasteiger partial charge is 0.315 e. The van der Waals surface area contributed by atoms with Crippen LogP contribution in [0.15, 0.2) is 0 Å². The lowest BCUT2D eigenvalue weighted by molar-refractivity contribution is 0.532. The number of hydrogen-bond acceptors (Lipinski definition) is 3. The maximum absolute atomic E-state index is 10.2. The molecule has 0 spiro atoms. The zero-order chi connectivity index (χ0) is 8.15. The normalized spacial score (nSPS) is 14.5. The molecule has 10 heavy (non-hydrogen) atoms. The minimum absolute atomic E-state index is 0.529. The Balaban J connectivity index is 3.49. The Hall–Kier alpha value is -0.0900. The molecule has 62 valence electrons. The monoisotopic (exact) mass is 165 g/mol. The van der Waals surface area contributed by atoms with Crippen molar-refractivity contribution in [2.45, 2.75) is 32.1 Å². The summed E-state index contributed by atoms with van der Waals surface area (Å²) < 4.78 is 20.4. The van der Waals surface area contributed by atoms with Crippen molar-refractivity contribution in [2.75, 3.05) is 0 Å². The fraction of sp³-hybridized carbons (Fsp3) is 1.00. The third kappa shape index (κ3) is 4.76. The summed E-state index contributed by atoms with van der Waals surface area (Å²) in [4.78, 5) is 0. The second-order valence-electron chi connectivity index (χ2n) is 2.82. The quantitative estimate of drug-likeness (QED) is 0.590. The molecular formula is C6H15NO2S. The molecule has 0 aromatic carbocycles. The summed E-state index contributed by atoms with van der Waals surface area (Å²) in [5.74, 6) is 0.529. The Labute approximate surface area is 63.6 Å². The van der Waals surface area contributed by atoms with Crippen molar-refractivity contribution in [3.8, 4) is 0 Å². The van der Waals surface area contributed by atoms with Crippen LogP contribution in [-0.4, -0.2) is 13.8 Å². The maximum atomic E-state index is 10.2. The van der Waals surface area contributed by atoms with Crippen molar-refractivity contribution < 1.29 is 8.42 Å². The van der Waals surface area contributed by atoms with E-state index in [1.54, 1.807) is 0 Å². The van der Waals surface area contributed by atoms with E-state index in [4.69, 9.17) is 5.73 Å². The molecule has 2 N–H and O–H groups in total. The first-order chi connectivity index (χ1) is 4.54. The van der Waals surface area contributed by atoms with Gasteiger partial charge in [-0.2, -0.15) is 0 Å². The van der Waals surface area contributed by atoms with Gasteiger partial charge in [-0.25, -0.2) is 8.42 Å². The van der Waals surface area contributed by atoms with E-state index in [1.807, 2.05) is 13.8 Å². The minimum Gasteiger partial charge on any atom is -0.315 e. The molecule has 0 bridgehead atoms. The van der Waals surface area contributed by atoms with Gasteiger partial charge in [-0.15, -0.1) is 0 Å². The average Bonchev–Trinajstić information content (AvgIpc) is 1.82. The number of nitrogens with two attached hydrogens (primary N) is 1. The molecule has 0 aliphatic rings.